The molecule has 0 saturated heterocycles. The molecule has 9 nitrogen and oxygen atoms in total. The average molecular weight is 375 g/mol. The van der Waals surface area contributed by atoms with Gasteiger partial charge in [-0.3, -0.25) is 9.59 Å². The number of nitrogens with zero attached hydrogens (tertiary/aromatic N) is 1. The van der Waals surface area contributed by atoms with Gasteiger partial charge in [0.25, 0.3) is 0 Å². The van der Waals surface area contributed by atoms with Gasteiger partial charge in [-0.25, -0.2) is 0 Å². The van der Waals surface area contributed by atoms with E-state index in [0.29, 0.717) is 40.9 Å². The van der Waals surface area contributed by atoms with Gasteiger partial charge >= 0.3 is 0 Å². The second-order valence-electron chi connectivity index (χ2n) is 6.16. The maximum absolute atomic E-state index is 12.5. The smallest absolute Gasteiger partial charge is 0.229 e. The quantitative estimate of drug-likeness (QED) is 0.763. The monoisotopic (exact) mass is 375 g/mol. The molecule has 2 aromatic rings. The van der Waals surface area contributed by atoms with Crippen LogP contribution in [0.1, 0.15) is 12.2 Å². The van der Waals surface area contributed by atoms with Crippen LogP contribution in [0.3, 0.4) is 0 Å². The Morgan fingerprint density at radius 1 is 1.00 bits per heavy atom. The number of nitrogens with one attached hydrogen (secondary N) is 2. The predicted molar refractivity (Wildman–Crippen MR) is 96.2 cm³/mol. The summed E-state index contributed by atoms with van der Waals surface area (Å²) in [6.07, 6.45) is 0.471. The number of carbonyl (C=O) groups excluding carboxylic acids is 2. The van der Waals surface area contributed by atoms with E-state index in [-0.39, 0.29) is 11.8 Å². The lowest BCUT2D eigenvalue weighted by Crippen LogP contribution is -2.20. The lowest BCUT2D eigenvalue weighted by Gasteiger charge is -2.14. The van der Waals surface area contributed by atoms with E-state index >= 15 is 0 Å². The first-order valence-electron chi connectivity index (χ1n) is 8.31. The molecule has 2 amide bonds. The SMILES string of the molecule is COc1cc(NC(=O)C2CC2C(=O)Nc2cc(C)on2)cc(OC)c1OC. The number of rotatable bonds is 7. The van der Waals surface area contributed by atoms with Gasteiger partial charge in [-0.15, -0.1) is 0 Å². The van der Waals surface area contributed by atoms with Crippen molar-refractivity contribution in [3.63, 3.8) is 0 Å². The molecule has 0 spiro atoms. The van der Waals surface area contributed by atoms with E-state index in [4.69, 9.17) is 18.7 Å². The highest BCUT2D eigenvalue weighted by Gasteiger charge is 2.48. The first-order valence-corrected chi connectivity index (χ1v) is 8.31. The van der Waals surface area contributed by atoms with E-state index in [2.05, 4.69) is 15.8 Å². The molecule has 1 aromatic carbocycles. The van der Waals surface area contributed by atoms with Crippen molar-refractivity contribution in [1.29, 1.82) is 0 Å². The lowest BCUT2D eigenvalue weighted by molar-refractivity contribution is -0.122. The predicted octanol–water partition coefficient (Wildman–Crippen LogP) is 2.22. The van der Waals surface area contributed by atoms with Crippen LogP contribution in [0.25, 0.3) is 0 Å². The van der Waals surface area contributed by atoms with Crippen molar-refractivity contribution in [3.8, 4) is 17.2 Å². The molecule has 1 fully saturated rings. The summed E-state index contributed by atoms with van der Waals surface area (Å²) in [5, 5.41) is 9.14. The molecule has 2 N–H and O–H groups in total. The molecular weight excluding hydrogens is 354 g/mol. The molecule has 1 saturated carbocycles. The van der Waals surface area contributed by atoms with Crippen LogP contribution in [0.4, 0.5) is 11.5 Å². The first-order chi connectivity index (χ1) is 13.0. The molecule has 144 valence electrons. The number of carbonyl (C=O) groups is 2. The summed E-state index contributed by atoms with van der Waals surface area (Å²) >= 11 is 0. The molecule has 0 radical (unpaired) electrons. The Hall–Kier alpha value is -3.23. The van der Waals surface area contributed by atoms with Gasteiger partial charge in [0, 0.05) is 23.9 Å². The van der Waals surface area contributed by atoms with Gasteiger partial charge in [-0.05, 0) is 13.3 Å². The van der Waals surface area contributed by atoms with Crippen molar-refractivity contribution in [2.24, 2.45) is 11.8 Å². The second-order valence-corrected chi connectivity index (χ2v) is 6.16. The maximum atomic E-state index is 12.5. The fraction of sp³-hybridized carbons (Fsp3) is 0.389. The van der Waals surface area contributed by atoms with E-state index in [0.717, 1.165) is 0 Å². The van der Waals surface area contributed by atoms with Crippen LogP contribution in [0.15, 0.2) is 22.7 Å². The first kappa shape index (κ1) is 18.6. The third kappa shape index (κ3) is 3.97. The number of ether oxygens (including phenoxy) is 3. The van der Waals surface area contributed by atoms with Crippen molar-refractivity contribution < 1.29 is 28.3 Å². The lowest BCUT2D eigenvalue weighted by atomic mass is 10.2. The van der Waals surface area contributed by atoms with E-state index in [1.807, 2.05) is 0 Å². The van der Waals surface area contributed by atoms with Gasteiger partial charge in [-0.1, -0.05) is 5.16 Å². The highest BCUT2D eigenvalue weighted by Crippen LogP contribution is 2.42. The summed E-state index contributed by atoms with van der Waals surface area (Å²) in [4.78, 5) is 24.7. The van der Waals surface area contributed by atoms with Crippen LogP contribution in [0.5, 0.6) is 17.2 Å². The van der Waals surface area contributed by atoms with Gasteiger partial charge in [0.05, 0.1) is 33.2 Å². The Morgan fingerprint density at radius 2 is 1.59 bits per heavy atom. The van der Waals surface area contributed by atoms with Gasteiger partial charge in [-0.2, -0.15) is 0 Å². The summed E-state index contributed by atoms with van der Waals surface area (Å²) in [6.45, 7) is 1.73. The van der Waals surface area contributed by atoms with Gasteiger partial charge in [0.2, 0.25) is 17.6 Å². The zero-order valence-electron chi connectivity index (χ0n) is 15.5. The second kappa shape index (κ2) is 7.56. The van der Waals surface area contributed by atoms with Crippen molar-refractivity contribution in [2.75, 3.05) is 32.0 Å². The Morgan fingerprint density at radius 3 is 2.07 bits per heavy atom. The normalized spacial score (nSPS) is 17.8. The number of aromatic nitrogens is 1. The molecule has 1 heterocycles. The van der Waals surface area contributed by atoms with Crippen LogP contribution in [-0.2, 0) is 9.59 Å². The molecule has 9 heteroatoms. The van der Waals surface area contributed by atoms with E-state index in [1.54, 1.807) is 25.1 Å². The molecule has 0 aliphatic heterocycles. The molecule has 0 bridgehead atoms. The van der Waals surface area contributed by atoms with E-state index in [9.17, 15) is 9.59 Å². The average Bonchev–Trinajstić information content (AvgIpc) is 3.37. The summed E-state index contributed by atoms with van der Waals surface area (Å²) in [5.41, 5.74) is 0.493. The molecular formula is C18H21N3O6. The van der Waals surface area contributed by atoms with Crippen LogP contribution in [-0.4, -0.2) is 38.3 Å². The van der Waals surface area contributed by atoms with E-state index < -0.39 is 11.8 Å². The van der Waals surface area contributed by atoms with Crippen molar-refractivity contribution in [2.45, 2.75) is 13.3 Å². The minimum absolute atomic E-state index is 0.249. The fourth-order valence-corrected chi connectivity index (χ4v) is 2.81. The minimum Gasteiger partial charge on any atom is -0.493 e. The number of amides is 2. The summed E-state index contributed by atoms with van der Waals surface area (Å²) in [7, 11) is 4.49. The third-order valence-corrected chi connectivity index (χ3v) is 4.28. The van der Waals surface area contributed by atoms with Gasteiger partial charge in [0.1, 0.15) is 5.76 Å². The Balaban J connectivity index is 1.64. The Labute approximate surface area is 155 Å². The Bertz CT molecular complexity index is 838. The van der Waals surface area contributed by atoms with Crippen molar-refractivity contribution in [3.05, 3.63) is 24.0 Å². The zero-order chi connectivity index (χ0) is 19.6. The van der Waals surface area contributed by atoms with Crippen molar-refractivity contribution in [1.82, 2.24) is 5.16 Å². The number of benzene rings is 1. The molecule has 2 unspecified atom stereocenters. The summed E-state index contributed by atoms with van der Waals surface area (Å²) in [5.74, 6) is 0.920. The van der Waals surface area contributed by atoms with Gasteiger partial charge < -0.3 is 29.4 Å². The maximum Gasteiger partial charge on any atom is 0.229 e. The molecule has 2 atom stereocenters. The summed E-state index contributed by atoms with van der Waals surface area (Å²) in [6, 6.07) is 4.88. The van der Waals surface area contributed by atoms with Crippen LogP contribution < -0.4 is 24.8 Å². The highest BCUT2D eigenvalue weighted by atomic mass is 16.5. The molecule has 1 aliphatic rings. The van der Waals surface area contributed by atoms with Crippen LogP contribution >= 0.6 is 0 Å². The topological polar surface area (TPSA) is 112 Å². The van der Waals surface area contributed by atoms with Crippen LogP contribution in [0, 0.1) is 18.8 Å². The van der Waals surface area contributed by atoms with E-state index in [1.165, 1.54) is 21.3 Å². The molecule has 3 rings (SSSR count). The number of aryl methyl sites for hydroxylation is 1. The molecule has 1 aliphatic carbocycles. The minimum atomic E-state index is -0.405. The fourth-order valence-electron chi connectivity index (χ4n) is 2.81. The highest BCUT2D eigenvalue weighted by molar-refractivity contribution is 6.03. The summed E-state index contributed by atoms with van der Waals surface area (Å²) < 4.78 is 20.7. The van der Waals surface area contributed by atoms with Gasteiger partial charge in [0.15, 0.2) is 17.3 Å². The largest absolute Gasteiger partial charge is 0.493 e. The Kier molecular flexibility index (Phi) is 5.20. The van der Waals surface area contributed by atoms with Crippen molar-refractivity contribution >= 4 is 23.3 Å². The number of anilines is 2. The number of methoxy groups -OCH3 is 3. The number of hydrogen-bond acceptors (Lipinski definition) is 7. The number of hydrogen-bond donors (Lipinski definition) is 2. The molecule has 27 heavy (non-hydrogen) atoms. The zero-order valence-corrected chi connectivity index (χ0v) is 15.5. The standard InChI is InChI=1S/C18H21N3O6/c1-9-5-15(21-27-9)20-18(23)12-8-11(12)17(22)19-10-6-13(24-2)16(26-4)14(7-10)25-3/h5-7,11-12H,8H2,1-4H3,(H,19,22)(H,20,21,23). The van der Waals surface area contributed by atoms with Crippen LogP contribution in [0.2, 0.25) is 0 Å². The third-order valence-electron chi connectivity index (χ3n) is 4.28. The molecule has 1 aromatic heterocycles.